The molecule has 0 aromatic rings. The molecule has 3 aliphatic carbocycles. The summed E-state index contributed by atoms with van der Waals surface area (Å²) < 4.78 is 0. The second kappa shape index (κ2) is 2.49. The molecule has 0 amide bonds. The monoisotopic (exact) mass is 164 g/mol. The zero-order valence-corrected chi connectivity index (χ0v) is 8.13. The Morgan fingerprint density at radius 1 is 0.917 bits per heavy atom. The molecule has 0 heteroatoms. The molecule has 0 aromatic heterocycles. The fraction of sp³-hybridized carbons (Fsp3) is 1.00. The molecule has 0 heterocycles. The van der Waals surface area contributed by atoms with Crippen LogP contribution in [0.1, 0.15) is 45.4 Å². The van der Waals surface area contributed by atoms with Crippen molar-refractivity contribution in [1.29, 1.82) is 0 Å². The van der Waals surface area contributed by atoms with Gasteiger partial charge in [0.2, 0.25) is 0 Å². The van der Waals surface area contributed by atoms with Gasteiger partial charge in [-0.2, -0.15) is 0 Å². The highest BCUT2D eigenvalue weighted by Gasteiger charge is 2.49. The summed E-state index contributed by atoms with van der Waals surface area (Å²) in [6.07, 6.45) is 9.42. The maximum atomic E-state index is 2.51. The highest BCUT2D eigenvalue weighted by Crippen LogP contribution is 2.58. The van der Waals surface area contributed by atoms with Gasteiger partial charge >= 0.3 is 0 Å². The summed E-state index contributed by atoms with van der Waals surface area (Å²) >= 11 is 0. The molecule has 3 rings (SSSR count). The Hall–Kier alpha value is 0. The predicted octanol–water partition coefficient (Wildman–Crippen LogP) is 3.47. The van der Waals surface area contributed by atoms with Gasteiger partial charge in [-0.1, -0.05) is 26.2 Å². The Labute approximate surface area is 75.7 Å². The molecule has 0 spiro atoms. The predicted molar refractivity (Wildman–Crippen MR) is 50.8 cm³/mol. The van der Waals surface area contributed by atoms with Gasteiger partial charge in [-0.3, -0.25) is 0 Å². The average molecular weight is 164 g/mol. The van der Waals surface area contributed by atoms with E-state index < -0.39 is 0 Å². The van der Waals surface area contributed by atoms with Crippen LogP contribution in [0.25, 0.3) is 0 Å². The second-order valence-corrected chi connectivity index (χ2v) is 5.48. The van der Waals surface area contributed by atoms with Crippen LogP contribution in [0.5, 0.6) is 0 Å². The normalized spacial score (nSPS) is 57.2. The first kappa shape index (κ1) is 7.41. The van der Waals surface area contributed by atoms with Crippen LogP contribution in [-0.2, 0) is 0 Å². The van der Waals surface area contributed by atoms with Crippen molar-refractivity contribution in [3.8, 4) is 0 Å². The van der Waals surface area contributed by atoms with Crippen molar-refractivity contribution in [3.63, 3.8) is 0 Å². The van der Waals surface area contributed by atoms with E-state index in [1.54, 1.807) is 38.5 Å². The molecule has 3 saturated carbocycles. The average Bonchev–Trinajstić information content (AvgIpc) is 2.61. The SMILES string of the molecule is C[C@H]1CC[C@@H]2C[C@H]3CCC[C@H]3[C@@H]21. The first-order valence-electron chi connectivity index (χ1n) is 5.86. The van der Waals surface area contributed by atoms with Crippen LogP contribution < -0.4 is 0 Å². The molecule has 0 saturated heterocycles. The van der Waals surface area contributed by atoms with Gasteiger partial charge in [-0.25, -0.2) is 0 Å². The third-order valence-electron chi connectivity index (χ3n) is 5.01. The smallest absolute Gasteiger partial charge is 0.0329 e. The van der Waals surface area contributed by atoms with E-state index >= 15 is 0 Å². The van der Waals surface area contributed by atoms with Crippen molar-refractivity contribution in [3.05, 3.63) is 0 Å². The summed E-state index contributed by atoms with van der Waals surface area (Å²) in [6, 6.07) is 0. The number of fused-ring (bicyclic) bond motifs is 3. The summed E-state index contributed by atoms with van der Waals surface area (Å²) in [5.74, 6) is 5.74. The molecule has 0 bridgehead atoms. The fourth-order valence-electron chi connectivity index (χ4n) is 4.63. The topological polar surface area (TPSA) is 0 Å². The molecule has 3 fully saturated rings. The minimum absolute atomic E-state index is 1.07. The second-order valence-electron chi connectivity index (χ2n) is 5.48. The zero-order chi connectivity index (χ0) is 8.13. The molecular formula is C12H20. The van der Waals surface area contributed by atoms with Crippen molar-refractivity contribution in [2.75, 3.05) is 0 Å². The Morgan fingerprint density at radius 2 is 1.83 bits per heavy atom. The molecule has 12 heavy (non-hydrogen) atoms. The molecule has 0 unspecified atom stereocenters. The van der Waals surface area contributed by atoms with E-state index in [1.165, 1.54) is 11.8 Å². The molecule has 68 valence electrons. The van der Waals surface area contributed by atoms with Crippen molar-refractivity contribution in [1.82, 2.24) is 0 Å². The maximum Gasteiger partial charge on any atom is -0.0329 e. The van der Waals surface area contributed by atoms with Gasteiger partial charge in [-0.15, -0.1) is 0 Å². The van der Waals surface area contributed by atoms with Crippen LogP contribution in [0.4, 0.5) is 0 Å². The third kappa shape index (κ3) is 0.843. The van der Waals surface area contributed by atoms with E-state index in [1.807, 2.05) is 0 Å². The number of hydrogen-bond acceptors (Lipinski definition) is 0. The van der Waals surface area contributed by atoms with Gasteiger partial charge in [0.25, 0.3) is 0 Å². The lowest BCUT2D eigenvalue weighted by atomic mass is 9.84. The van der Waals surface area contributed by atoms with E-state index in [0.717, 1.165) is 17.8 Å². The molecule has 0 radical (unpaired) electrons. The van der Waals surface area contributed by atoms with Crippen LogP contribution >= 0.6 is 0 Å². The van der Waals surface area contributed by atoms with E-state index in [0.29, 0.717) is 0 Å². The van der Waals surface area contributed by atoms with Crippen LogP contribution in [-0.4, -0.2) is 0 Å². The Morgan fingerprint density at radius 3 is 2.75 bits per heavy atom. The molecule has 5 atom stereocenters. The van der Waals surface area contributed by atoms with Gasteiger partial charge in [-0.05, 0) is 48.9 Å². The molecule has 0 N–H and O–H groups in total. The minimum atomic E-state index is 1.07. The Bertz CT molecular complexity index is 184. The van der Waals surface area contributed by atoms with Crippen molar-refractivity contribution < 1.29 is 0 Å². The Kier molecular flexibility index (Phi) is 1.54. The maximum absolute atomic E-state index is 2.51. The molecular weight excluding hydrogens is 144 g/mol. The van der Waals surface area contributed by atoms with Crippen LogP contribution in [0.3, 0.4) is 0 Å². The van der Waals surface area contributed by atoms with E-state index in [4.69, 9.17) is 0 Å². The van der Waals surface area contributed by atoms with E-state index in [2.05, 4.69) is 6.92 Å². The number of rotatable bonds is 0. The largest absolute Gasteiger partial charge is 0.0622 e. The lowest BCUT2D eigenvalue weighted by Crippen LogP contribution is -2.15. The van der Waals surface area contributed by atoms with E-state index in [-0.39, 0.29) is 0 Å². The van der Waals surface area contributed by atoms with Crippen LogP contribution in [0.2, 0.25) is 0 Å². The van der Waals surface area contributed by atoms with Crippen molar-refractivity contribution in [2.45, 2.75) is 45.4 Å². The summed E-state index contributed by atoms with van der Waals surface area (Å²) in [4.78, 5) is 0. The molecule has 0 nitrogen and oxygen atoms in total. The van der Waals surface area contributed by atoms with Gasteiger partial charge < -0.3 is 0 Å². The van der Waals surface area contributed by atoms with E-state index in [9.17, 15) is 0 Å². The van der Waals surface area contributed by atoms with Crippen molar-refractivity contribution >= 4 is 0 Å². The summed E-state index contributed by atoms with van der Waals surface area (Å²) in [6.45, 7) is 2.51. The standard InChI is InChI=1S/C12H20/c1-8-5-6-10-7-9-3-2-4-11(9)12(8)10/h8-12H,2-7H2,1H3/t8-,9+,10+,11+,12+/m0/s1. The first-order valence-corrected chi connectivity index (χ1v) is 5.86. The van der Waals surface area contributed by atoms with Gasteiger partial charge in [0.1, 0.15) is 0 Å². The van der Waals surface area contributed by atoms with Crippen molar-refractivity contribution in [2.24, 2.45) is 29.6 Å². The quantitative estimate of drug-likeness (QED) is 0.514. The highest BCUT2D eigenvalue weighted by molar-refractivity contribution is 4.99. The first-order chi connectivity index (χ1) is 5.86. The minimum Gasteiger partial charge on any atom is -0.0622 e. The molecule has 0 aromatic carbocycles. The van der Waals surface area contributed by atoms with Gasteiger partial charge in [0.15, 0.2) is 0 Å². The third-order valence-corrected chi connectivity index (χ3v) is 5.01. The Balaban J connectivity index is 1.85. The lowest BCUT2D eigenvalue weighted by Gasteiger charge is -2.21. The lowest BCUT2D eigenvalue weighted by molar-refractivity contribution is 0.270. The molecule has 0 aliphatic heterocycles. The number of hydrogen-bond donors (Lipinski definition) is 0. The molecule has 3 aliphatic rings. The summed E-state index contributed by atoms with van der Waals surface area (Å²) in [5, 5.41) is 0. The van der Waals surface area contributed by atoms with Gasteiger partial charge in [0.05, 0.1) is 0 Å². The fourth-order valence-corrected chi connectivity index (χ4v) is 4.63. The summed E-state index contributed by atoms with van der Waals surface area (Å²) in [5.41, 5.74) is 0. The zero-order valence-electron chi connectivity index (χ0n) is 8.13. The van der Waals surface area contributed by atoms with Crippen LogP contribution in [0.15, 0.2) is 0 Å². The van der Waals surface area contributed by atoms with Gasteiger partial charge in [0, 0.05) is 0 Å². The highest BCUT2D eigenvalue weighted by atomic mass is 14.5. The summed E-state index contributed by atoms with van der Waals surface area (Å²) in [7, 11) is 0. The van der Waals surface area contributed by atoms with Crippen LogP contribution in [0, 0.1) is 29.6 Å².